The first kappa shape index (κ1) is 12.6. The maximum atomic E-state index is 11.4. The normalized spacial score (nSPS) is 11.4. The maximum absolute atomic E-state index is 11.4. The molecule has 0 fully saturated rings. The summed E-state index contributed by atoms with van der Waals surface area (Å²) in [5.74, 6) is 4.95. The highest BCUT2D eigenvalue weighted by Crippen LogP contribution is 2.22. The van der Waals surface area contributed by atoms with Gasteiger partial charge in [0.1, 0.15) is 0 Å². The molecule has 0 radical (unpaired) electrons. The molecule has 94 valence electrons. The largest absolute Gasteiger partial charge is 0.399 e. The first-order chi connectivity index (χ1) is 8.53. The van der Waals surface area contributed by atoms with Crippen LogP contribution in [0, 0.1) is 0 Å². The highest BCUT2D eigenvalue weighted by molar-refractivity contribution is 7.89. The van der Waals surface area contributed by atoms with E-state index < -0.39 is 10.0 Å². The predicted octanol–water partition coefficient (Wildman–Crippen LogP) is 1.09. The van der Waals surface area contributed by atoms with Gasteiger partial charge in [0.05, 0.1) is 4.90 Å². The van der Waals surface area contributed by atoms with Gasteiger partial charge in [0.2, 0.25) is 0 Å². The number of anilines is 1. The van der Waals surface area contributed by atoms with Crippen molar-refractivity contribution in [3.05, 3.63) is 48.5 Å². The summed E-state index contributed by atoms with van der Waals surface area (Å²) in [6.07, 6.45) is 0. The van der Waals surface area contributed by atoms with E-state index in [9.17, 15) is 8.42 Å². The lowest BCUT2D eigenvalue weighted by atomic mass is 10.1. The highest BCUT2D eigenvalue weighted by Gasteiger charge is 2.11. The molecule has 0 spiro atoms. The average Bonchev–Trinajstić information content (AvgIpc) is 2.40. The van der Waals surface area contributed by atoms with Crippen molar-refractivity contribution < 1.29 is 8.42 Å². The van der Waals surface area contributed by atoms with E-state index in [1.165, 1.54) is 12.1 Å². The molecule has 2 aromatic rings. The number of hydrazine groups is 1. The molecule has 0 aromatic heterocycles. The van der Waals surface area contributed by atoms with Crippen LogP contribution in [0.5, 0.6) is 0 Å². The van der Waals surface area contributed by atoms with Gasteiger partial charge in [-0.1, -0.05) is 24.3 Å². The molecule has 2 rings (SSSR count). The zero-order valence-corrected chi connectivity index (χ0v) is 10.3. The first-order valence-electron chi connectivity index (χ1n) is 5.21. The van der Waals surface area contributed by atoms with Gasteiger partial charge in [-0.3, -0.25) is 5.84 Å². The monoisotopic (exact) mass is 263 g/mol. The second-order valence-corrected chi connectivity index (χ2v) is 5.48. The lowest BCUT2D eigenvalue weighted by Gasteiger charge is -2.05. The molecule has 5 nitrogen and oxygen atoms in total. The Balaban J connectivity index is 2.36. The van der Waals surface area contributed by atoms with E-state index in [4.69, 9.17) is 11.6 Å². The molecule has 6 heteroatoms. The van der Waals surface area contributed by atoms with Crippen molar-refractivity contribution in [1.82, 2.24) is 4.83 Å². The summed E-state index contributed by atoms with van der Waals surface area (Å²) in [6.45, 7) is 0. The predicted molar refractivity (Wildman–Crippen MR) is 70.8 cm³/mol. The molecule has 0 aliphatic rings. The summed E-state index contributed by atoms with van der Waals surface area (Å²) < 4.78 is 22.9. The van der Waals surface area contributed by atoms with Crippen LogP contribution in [0.1, 0.15) is 0 Å². The number of nitrogens with two attached hydrogens (primary N) is 2. The Morgan fingerprint density at radius 2 is 1.28 bits per heavy atom. The van der Waals surface area contributed by atoms with Gasteiger partial charge in [0.25, 0.3) is 10.0 Å². The van der Waals surface area contributed by atoms with Crippen LogP contribution in [0.2, 0.25) is 0 Å². The van der Waals surface area contributed by atoms with E-state index in [1.807, 2.05) is 12.1 Å². The standard InChI is InChI=1S/C12H13N3O2S/c13-11-5-1-9(2-6-11)10-3-7-12(8-4-10)18(16,17)15-14/h1-8,15H,13-14H2. The summed E-state index contributed by atoms with van der Waals surface area (Å²) in [6, 6.07) is 13.8. The molecule has 5 N–H and O–H groups in total. The average molecular weight is 263 g/mol. The van der Waals surface area contributed by atoms with Gasteiger partial charge in [0, 0.05) is 5.69 Å². The van der Waals surface area contributed by atoms with E-state index >= 15 is 0 Å². The zero-order chi connectivity index (χ0) is 13.2. The van der Waals surface area contributed by atoms with Crippen LogP contribution in [-0.4, -0.2) is 8.42 Å². The van der Waals surface area contributed by atoms with Gasteiger partial charge in [0.15, 0.2) is 0 Å². The van der Waals surface area contributed by atoms with E-state index in [0.29, 0.717) is 5.69 Å². The Hall–Kier alpha value is -1.89. The molecule has 0 aliphatic heterocycles. The van der Waals surface area contributed by atoms with Gasteiger partial charge in [-0.2, -0.15) is 4.83 Å². The van der Waals surface area contributed by atoms with E-state index in [1.54, 1.807) is 29.1 Å². The molecule has 0 heterocycles. The van der Waals surface area contributed by atoms with Crippen molar-refractivity contribution in [3.8, 4) is 11.1 Å². The van der Waals surface area contributed by atoms with Gasteiger partial charge in [-0.05, 0) is 35.4 Å². The summed E-state index contributed by atoms with van der Waals surface area (Å²) in [4.78, 5) is 1.91. The van der Waals surface area contributed by atoms with Crippen LogP contribution < -0.4 is 16.4 Å². The Labute approximate surface area is 105 Å². The lowest BCUT2D eigenvalue weighted by Crippen LogP contribution is -2.30. The molecule has 18 heavy (non-hydrogen) atoms. The second kappa shape index (κ2) is 4.77. The third kappa shape index (κ3) is 2.51. The summed E-state index contributed by atoms with van der Waals surface area (Å²) >= 11 is 0. The molecule has 0 saturated heterocycles. The fraction of sp³-hybridized carbons (Fsp3) is 0. The minimum Gasteiger partial charge on any atom is -0.399 e. The second-order valence-electron chi connectivity index (χ2n) is 3.77. The number of sulfonamides is 1. The van der Waals surface area contributed by atoms with Gasteiger partial charge in [-0.25, -0.2) is 8.42 Å². The Morgan fingerprint density at radius 3 is 1.72 bits per heavy atom. The van der Waals surface area contributed by atoms with Gasteiger partial charge >= 0.3 is 0 Å². The maximum Gasteiger partial charge on any atom is 0.253 e. The summed E-state index contributed by atoms with van der Waals surface area (Å²) in [5, 5.41) is 0. The van der Waals surface area contributed by atoms with Crippen LogP contribution in [0.4, 0.5) is 5.69 Å². The number of nitrogen functional groups attached to an aromatic ring is 1. The third-order valence-electron chi connectivity index (χ3n) is 2.56. The van der Waals surface area contributed by atoms with Crippen molar-refractivity contribution in [3.63, 3.8) is 0 Å². The molecule has 0 atom stereocenters. The fourth-order valence-corrected chi connectivity index (χ4v) is 2.20. The van der Waals surface area contributed by atoms with Crippen LogP contribution >= 0.6 is 0 Å². The number of hydrogen-bond acceptors (Lipinski definition) is 4. The SMILES string of the molecule is NNS(=O)(=O)c1ccc(-c2ccc(N)cc2)cc1. The van der Waals surface area contributed by atoms with Crippen molar-refractivity contribution >= 4 is 15.7 Å². The molecule has 0 saturated carbocycles. The third-order valence-corrected chi connectivity index (χ3v) is 3.77. The molecule has 2 aromatic carbocycles. The van der Waals surface area contributed by atoms with Crippen molar-refractivity contribution in [2.75, 3.05) is 5.73 Å². The van der Waals surface area contributed by atoms with Crippen molar-refractivity contribution in [2.24, 2.45) is 5.84 Å². The molecule has 0 bridgehead atoms. The minimum atomic E-state index is -3.60. The molecule has 0 amide bonds. The Morgan fingerprint density at radius 1 is 0.833 bits per heavy atom. The van der Waals surface area contributed by atoms with E-state index in [-0.39, 0.29) is 4.90 Å². The van der Waals surface area contributed by atoms with E-state index in [2.05, 4.69) is 0 Å². The zero-order valence-electron chi connectivity index (χ0n) is 9.50. The number of nitrogens with one attached hydrogen (secondary N) is 1. The van der Waals surface area contributed by atoms with Crippen molar-refractivity contribution in [2.45, 2.75) is 4.90 Å². The van der Waals surface area contributed by atoms with Crippen LogP contribution in [0.25, 0.3) is 11.1 Å². The van der Waals surface area contributed by atoms with Gasteiger partial charge < -0.3 is 5.73 Å². The number of benzene rings is 2. The highest BCUT2D eigenvalue weighted by atomic mass is 32.2. The van der Waals surface area contributed by atoms with E-state index in [0.717, 1.165) is 11.1 Å². The topological polar surface area (TPSA) is 98.2 Å². The Kier molecular flexibility index (Phi) is 3.33. The van der Waals surface area contributed by atoms with Crippen LogP contribution in [0.3, 0.4) is 0 Å². The summed E-state index contributed by atoms with van der Waals surface area (Å²) in [7, 11) is -3.60. The lowest BCUT2D eigenvalue weighted by molar-refractivity contribution is 0.584. The number of hydrogen-bond donors (Lipinski definition) is 3. The molecule has 0 unspecified atom stereocenters. The molecule has 0 aliphatic carbocycles. The van der Waals surface area contributed by atoms with Gasteiger partial charge in [-0.15, -0.1) is 0 Å². The van der Waals surface area contributed by atoms with Crippen LogP contribution in [-0.2, 0) is 10.0 Å². The quantitative estimate of drug-likeness (QED) is 0.438. The molecular formula is C12H13N3O2S. The first-order valence-corrected chi connectivity index (χ1v) is 6.69. The smallest absolute Gasteiger partial charge is 0.253 e. The van der Waals surface area contributed by atoms with Crippen LogP contribution in [0.15, 0.2) is 53.4 Å². The number of rotatable bonds is 3. The minimum absolute atomic E-state index is 0.129. The van der Waals surface area contributed by atoms with Crippen molar-refractivity contribution in [1.29, 1.82) is 0 Å². The fourth-order valence-electron chi connectivity index (χ4n) is 1.57. The summed E-state index contributed by atoms with van der Waals surface area (Å²) in [5.41, 5.74) is 8.16. The Bertz CT molecular complexity index is 634. The molecular weight excluding hydrogens is 250 g/mol.